The number of rotatable bonds is 8. The minimum atomic E-state index is -0.208. The first kappa shape index (κ1) is 20.3. The zero-order valence-corrected chi connectivity index (χ0v) is 16.9. The van der Waals surface area contributed by atoms with E-state index in [1.165, 1.54) is 6.33 Å². The first-order valence-electron chi connectivity index (χ1n) is 9.33. The molecule has 2 aromatic carbocycles. The first-order valence-corrected chi connectivity index (χ1v) is 9.33. The van der Waals surface area contributed by atoms with Crippen LogP contribution in [0.1, 0.15) is 17.2 Å². The maximum atomic E-state index is 12.3. The quantitative estimate of drug-likeness (QED) is 0.613. The molecule has 8 heteroatoms. The average molecular weight is 394 g/mol. The highest BCUT2D eigenvalue weighted by Gasteiger charge is 2.16. The minimum absolute atomic E-state index is 0.0396. The van der Waals surface area contributed by atoms with E-state index in [1.807, 2.05) is 62.6 Å². The lowest BCUT2D eigenvalue weighted by molar-refractivity contribution is 0.232. The number of likely N-dealkylation sites (N-methyl/N-ethyl adjacent to an activating group) is 1. The average Bonchev–Trinajstić information content (AvgIpc) is 3.27. The molecule has 0 spiro atoms. The van der Waals surface area contributed by atoms with Crippen molar-refractivity contribution in [2.45, 2.75) is 12.6 Å². The van der Waals surface area contributed by atoms with Crippen LogP contribution in [-0.4, -0.2) is 53.4 Å². The molecule has 152 valence electrons. The van der Waals surface area contributed by atoms with E-state index in [4.69, 9.17) is 4.74 Å². The van der Waals surface area contributed by atoms with Crippen LogP contribution in [0.25, 0.3) is 5.69 Å². The number of urea groups is 1. The summed E-state index contributed by atoms with van der Waals surface area (Å²) < 4.78 is 6.99. The molecule has 0 radical (unpaired) electrons. The number of hydrogen-bond acceptors (Lipinski definition) is 5. The third-order valence-electron chi connectivity index (χ3n) is 4.63. The van der Waals surface area contributed by atoms with Gasteiger partial charge in [0.1, 0.15) is 18.4 Å². The number of hydrogen-bond donors (Lipinski definition) is 2. The monoisotopic (exact) mass is 394 g/mol. The highest BCUT2D eigenvalue weighted by molar-refractivity contribution is 5.73. The molecule has 0 saturated carbocycles. The maximum absolute atomic E-state index is 12.3. The molecule has 0 aliphatic rings. The summed E-state index contributed by atoms with van der Waals surface area (Å²) in [5.41, 5.74) is 3.00. The van der Waals surface area contributed by atoms with Crippen LogP contribution < -0.4 is 15.4 Å². The van der Waals surface area contributed by atoms with Crippen LogP contribution in [0.3, 0.4) is 0 Å². The number of nitrogens with one attached hydrogen (secondary N) is 2. The fraction of sp³-hybridized carbons (Fsp3) is 0.286. The Kier molecular flexibility index (Phi) is 6.80. The lowest BCUT2D eigenvalue weighted by atomic mass is 10.1. The molecule has 0 fully saturated rings. The van der Waals surface area contributed by atoms with Crippen molar-refractivity contribution in [1.82, 2.24) is 30.3 Å². The summed E-state index contributed by atoms with van der Waals surface area (Å²) in [7, 11) is 5.62. The van der Waals surface area contributed by atoms with Crippen molar-refractivity contribution in [2.24, 2.45) is 0 Å². The van der Waals surface area contributed by atoms with Gasteiger partial charge in [-0.25, -0.2) is 14.5 Å². The van der Waals surface area contributed by atoms with Gasteiger partial charge in [-0.2, -0.15) is 5.10 Å². The summed E-state index contributed by atoms with van der Waals surface area (Å²) in [4.78, 5) is 18.3. The SMILES string of the molecule is COc1cccc(C(CNC(=O)NCc2ccc(-n3cncn3)cc2)N(C)C)c1. The number of methoxy groups -OCH3 is 1. The Morgan fingerprint density at radius 2 is 1.97 bits per heavy atom. The van der Waals surface area contributed by atoms with Crippen LogP contribution in [0.2, 0.25) is 0 Å². The van der Waals surface area contributed by atoms with Crippen LogP contribution in [-0.2, 0) is 6.54 Å². The zero-order chi connectivity index (χ0) is 20.6. The minimum Gasteiger partial charge on any atom is -0.497 e. The van der Waals surface area contributed by atoms with Gasteiger partial charge in [-0.15, -0.1) is 0 Å². The van der Waals surface area contributed by atoms with Gasteiger partial charge in [0, 0.05) is 13.1 Å². The van der Waals surface area contributed by atoms with Crippen molar-refractivity contribution < 1.29 is 9.53 Å². The van der Waals surface area contributed by atoms with Crippen LogP contribution in [0.5, 0.6) is 5.75 Å². The summed E-state index contributed by atoms with van der Waals surface area (Å²) in [6, 6.07) is 15.5. The van der Waals surface area contributed by atoms with Crippen molar-refractivity contribution in [1.29, 1.82) is 0 Å². The van der Waals surface area contributed by atoms with Crippen LogP contribution in [0.4, 0.5) is 4.79 Å². The van der Waals surface area contributed by atoms with E-state index in [2.05, 4.69) is 25.6 Å². The molecule has 2 N–H and O–H groups in total. The molecule has 0 aliphatic heterocycles. The fourth-order valence-electron chi connectivity index (χ4n) is 2.99. The lowest BCUT2D eigenvalue weighted by Gasteiger charge is -2.25. The van der Waals surface area contributed by atoms with E-state index in [-0.39, 0.29) is 12.1 Å². The van der Waals surface area contributed by atoms with E-state index < -0.39 is 0 Å². The highest BCUT2D eigenvalue weighted by atomic mass is 16.5. The van der Waals surface area contributed by atoms with Gasteiger partial charge in [0.2, 0.25) is 0 Å². The smallest absolute Gasteiger partial charge is 0.315 e. The summed E-state index contributed by atoms with van der Waals surface area (Å²) in [5.74, 6) is 0.799. The molecular formula is C21H26N6O2. The predicted molar refractivity (Wildman–Crippen MR) is 111 cm³/mol. The third kappa shape index (κ3) is 5.55. The fourth-order valence-corrected chi connectivity index (χ4v) is 2.99. The van der Waals surface area contributed by atoms with Crippen molar-refractivity contribution in [3.8, 4) is 11.4 Å². The summed E-state index contributed by atoms with van der Waals surface area (Å²) in [5, 5.41) is 9.94. The van der Waals surface area contributed by atoms with Gasteiger partial charge >= 0.3 is 6.03 Å². The van der Waals surface area contributed by atoms with Crippen molar-refractivity contribution in [2.75, 3.05) is 27.7 Å². The number of carbonyl (C=O) groups is 1. The Hall–Kier alpha value is -3.39. The molecule has 0 saturated heterocycles. The molecular weight excluding hydrogens is 368 g/mol. The Morgan fingerprint density at radius 3 is 2.62 bits per heavy atom. The number of aromatic nitrogens is 3. The van der Waals surface area contributed by atoms with Crippen molar-refractivity contribution in [3.63, 3.8) is 0 Å². The number of carbonyl (C=O) groups excluding carboxylic acids is 1. The van der Waals surface area contributed by atoms with Gasteiger partial charge in [-0.05, 0) is 49.5 Å². The Balaban J connectivity index is 1.51. The van der Waals surface area contributed by atoms with Crippen LogP contribution >= 0.6 is 0 Å². The lowest BCUT2D eigenvalue weighted by Crippen LogP contribution is -2.40. The van der Waals surface area contributed by atoms with Gasteiger partial charge < -0.3 is 20.3 Å². The molecule has 29 heavy (non-hydrogen) atoms. The standard InChI is InChI=1S/C21H26N6O2/c1-26(2)20(17-5-4-6-19(11-17)29-3)13-24-21(28)23-12-16-7-9-18(10-8-16)27-15-22-14-25-27/h4-11,14-15,20H,12-13H2,1-3H3,(H2,23,24,28). The molecule has 1 heterocycles. The second kappa shape index (κ2) is 9.70. The van der Waals surface area contributed by atoms with E-state index in [9.17, 15) is 4.79 Å². The molecule has 3 aromatic rings. The van der Waals surface area contributed by atoms with E-state index >= 15 is 0 Å². The topological polar surface area (TPSA) is 84.3 Å². The third-order valence-corrected chi connectivity index (χ3v) is 4.63. The maximum Gasteiger partial charge on any atom is 0.315 e. The molecule has 0 bridgehead atoms. The van der Waals surface area contributed by atoms with Gasteiger partial charge in [0.25, 0.3) is 0 Å². The normalized spacial score (nSPS) is 11.9. The molecule has 1 unspecified atom stereocenters. The van der Waals surface area contributed by atoms with E-state index in [0.29, 0.717) is 13.1 Å². The molecule has 8 nitrogen and oxygen atoms in total. The Bertz CT molecular complexity index is 909. The van der Waals surface area contributed by atoms with Crippen molar-refractivity contribution in [3.05, 3.63) is 72.3 Å². The second-order valence-electron chi connectivity index (χ2n) is 6.83. The van der Waals surface area contributed by atoms with Gasteiger partial charge in [-0.3, -0.25) is 0 Å². The predicted octanol–water partition coefficient (Wildman–Crippen LogP) is 2.38. The highest BCUT2D eigenvalue weighted by Crippen LogP contribution is 2.22. The number of amides is 2. The van der Waals surface area contributed by atoms with Gasteiger partial charge in [0.15, 0.2) is 0 Å². The Labute approximate surface area is 170 Å². The molecule has 1 atom stereocenters. The van der Waals surface area contributed by atoms with Crippen LogP contribution in [0.15, 0.2) is 61.2 Å². The van der Waals surface area contributed by atoms with Gasteiger partial charge in [0.05, 0.1) is 18.8 Å². The molecule has 2 amide bonds. The summed E-state index contributed by atoms with van der Waals surface area (Å²) >= 11 is 0. The zero-order valence-electron chi connectivity index (χ0n) is 16.9. The second-order valence-corrected chi connectivity index (χ2v) is 6.83. The van der Waals surface area contributed by atoms with Crippen molar-refractivity contribution >= 4 is 6.03 Å². The largest absolute Gasteiger partial charge is 0.497 e. The molecule has 3 rings (SSSR count). The summed E-state index contributed by atoms with van der Waals surface area (Å²) in [6.45, 7) is 0.923. The van der Waals surface area contributed by atoms with E-state index in [1.54, 1.807) is 18.1 Å². The van der Waals surface area contributed by atoms with Gasteiger partial charge in [-0.1, -0.05) is 24.3 Å². The first-order chi connectivity index (χ1) is 14.1. The molecule has 0 aliphatic carbocycles. The van der Waals surface area contributed by atoms with E-state index in [0.717, 1.165) is 22.6 Å². The Morgan fingerprint density at radius 1 is 1.17 bits per heavy atom. The molecule has 1 aromatic heterocycles. The number of benzene rings is 2. The summed E-state index contributed by atoms with van der Waals surface area (Å²) in [6.07, 6.45) is 3.14. The van der Waals surface area contributed by atoms with Crippen LogP contribution in [0, 0.1) is 0 Å². The number of nitrogens with zero attached hydrogens (tertiary/aromatic N) is 4. The number of ether oxygens (including phenoxy) is 1.